The van der Waals surface area contributed by atoms with Crippen LogP contribution in [0, 0.1) is 0 Å². The second-order valence-electron chi connectivity index (χ2n) is 8.44. The van der Waals surface area contributed by atoms with Crippen molar-refractivity contribution in [1.29, 1.82) is 0 Å². The molecule has 1 saturated heterocycles. The van der Waals surface area contributed by atoms with Gasteiger partial charge in [-0.05, 0) is 37.8 Å². The van der Waals surface area contributed by atoms with E-state index in [2.05, 4.69) is 23.6 Å². The number of rotatable bonds is 11. The van der Waals surface area contributed by atoms with E-state index >= 15 is 0 Å². The molecule has 2 aromatic rings. The summed E-state index contributed by atoms with van der Waals surface area (Å²) in [6, 6.07) is 6.96. The highest BCUT2D eigenvalue weighted by molar-refractivity contribution is 6.30. The molecule has 1 fully saturated rings. The first-order chi connectivity index (χ1) is 16.0. The van der Waals surface area contributed by atoms with Gasteiger partial charge in [-0.25, -0.2) is 0 Å². The number of carbonyl (C=O) groups is 2. The van der Waals surface area contributed by atoms with Crippen molar-refractivity contribution in [3.05, 3.63) is 47.8 Å². The van der Waals surface area contributed by atoms with Gasteiger partial charge in [-0.3, -0.25) is 9.59 Å². The molecule has 2 heterocycles. The molecule has 1 atom stereocenters. The molecule has 0 radical (unpaired) electrons. The molecule has 8 heteroatoms. The van der Waals surface area contributed by atoms with E-state index < -0.39 is 0 Å². The largest absolute Gasteiger partial charge is 0.337 e. The standard InChI is InChI=1S/C25H33ClN4O3/c1-3-5-6-7-14-22(31)29(15-4-2)18-23(32)30-16-9-8-13-21(30)25-27-24(28-33-25)19-11-10-12-20(26)17-19/h4,10-12,17,21H,2-3,5-9,13-16,18H2,1H3. The molecular weight excluding hydrogens is 440 g/mol. The average Bonchev–Trinajstić information content (AvgIpc) is 3.32. The van der Waals surface area contributed by atoms with Gasteiger partial charge < -0.3 is 14.3 Å². The van der Waals surface area contributed by atoms with Crippen LogP contribution in [0.25, 0.3) is 11.4 Å². The van der Waals surface area contributed by atoms with E-state index in [-0.39, 0.29) is 24.4 Å². The van der Waals surface area contributed by atoms with Crippen molar-refractivity contribution in [2.24, 2.45) is 0 Å². The summed E-state index contributed by atoms with van der Waals surface area (Å²) in [5.74, 6) is 0.750. The summed E-state index contributed by atoms with van der Waals surface area (Å²) >= 11 is 6.08. The summed E-state index contributed by atoms with van der Waals surface area (Å²) in [6.07, 6.45) is 8.85. The van der Waals surface area contributed by atoms with Crippen LogP contribution in [-0.2, 0) is 9.59 Å². The van der Waals surface area contributed by atoms with Gasteiger partial charge in [0.1, 0.15) is 12.6 Å². The number of hydrogen-bond donors (Lipinski definition) is 0. The summed E-state index contributed by atoms with van der Waals surface area (Å²) in [5.41, 5.74) is 0.761. The Balaban J connectivity index is 1.69. The predicted molar refractivity (Wildman–Crippen MR) is 129 cm³/mol. The molecule has 0 bridgehead atoms. The van der Waals surface area contributed by atoms with E-state index in [4.69, 9.17) is 16.1 Å². The van der Waals surface area contributed by atoms with Crippen molar-refractivity contribution in [3.8, 4) is 11.4 Å². The van der Waals surface area contributed by atoms with Crippen molar-refractivity contribution in [2.75, 3.05) is 19.6 Å². The minimum atomic E-state index is -0.295. The van der Waals surface area contributed by atoms with Gasteiger partial charge in [-0.15, -0.1) is 6.58 Å². The van der Waals surface area contributed by atoms with E-state index in [1.54, 1.807) is 28.0 Å². The lowest BCUT2D eigenvalue weighted by atomic mass is 10.0. The molecule has 0 aliphatic carbocycles. The van der Waals surface area contributed by atoms with Crippen molar-refractivity contribution in [1.82, 2.24) is 19.9 Å². The van der Waals surface area contributed by atoms with Crippen LogP contribution in [0.15, 0.2) is 41.4 Å². The monoisotopic (exact) mass is 472 g/mol. The van der Waals surface area contributed by atoms with Gasteiger partial charge >= 0.3 is 0 Å². The number of aromatic nitrogens is 2. The van der Waals surface area contributed by atoms with Gasteiger partial charge in [0, 0.05) is 30.1 Å². The third-order valence-electron chi connectivity index (χ3n) is 5.91. The van der Waals surface area contributed by atoms with Gasteiger partial charge in [0.05, 0.1) is 0 Å². The van der Waals surface area contributed by atoms with Gasteiger partial charge in [0.25, 0.3) is 0 Å². The Bertz CT molecular complexity index is 945. The highest BCUT2D eigenvalue weighted by atomic mass is 35.5. The summed E-state index contributed by atoms with van der Waals surface area (Å²) in [5, 5.41) is 4.70. The predicted octanol–water partition coefficient (Wildman–Crippen LogP) is 5.43. The fraction of sp³-hybridized carbons (Fsp3) is 0.520. The van der Waals surface area contributed by atoms with Crippen molar-refractivity contribution < 1.29 is 14.1 Å². The first-order valence-corrected chi connectivity index (χ1v) is 12.2. The minimum Gasteiger partial charge on any atom is -0.337 e. The van der Waals surface area contributed by atoms with Crippen LogP contribution in [0.5, 0.6) is 0 Å². The van der Waals surface area contributed by atoms with E-state index in [0.29, 0.717) is 36.2 Å². The fourth-order valence-corrected chi connectivity index (χ4v) is 4.32. The van der Waals surface area contributed by atoms with Crippen LogP contribution in [0.3, 0.4) is 0 Å². The highest BCUT2D eigenvalue weighted by Gasteiger charge is 2.33. The molecule has 3 rings (SSSR count). The zero-order chi connectivity index (χ0) is 23.6. The molecule has 0 saturated carbocycles. The number of amides is 2. The van der Waals surface area contributed by atoms with Crippen molar-refractivity contribution in [3.63, 3.8) is 0 Å². The number of piperidine rings is 1. The summed E-state index contributed by atoms with van der Waals surface area (Å²) in [4.78, 5) is 33.9. The molecule has 0 spiro atoms. The molecule has 1 aliphatic heterocycles. The molecule has 178 valence electrons. The van der Waals surface area contributed by atoms with Crippen LogP contribution >= 0.6 is 11.6 Å². The Kier molecular flexibility index (Phi) is 9.48. The van der Waals surface area contributed by atoms with E-state index in [1.807, 2.05) is 12.1 Å². The Morgan fingerprint density at radius 2 is 2.15 bits per heavy atom. The Morgan fingerprint density at radius 3 is 2.91 bits per heavy atom. The van der Waals surface area contributed by atoms with Crippen LogP contribution in [0.1, 0.15) is 70.2 Å². The first-order valence-electron chi connectivity index (χ1n) is 11.8. The smallest absolute Gasteiger partial charge is 0.249 e. The van der Waals surface area contributed by atoms with Crippen molar-refractivity contribution >= 4 is 23.4 Å². The van der Waals surface area contributed by atoms with Crippen LogP contribution < -0.4 is 0 Å². The number of hydrogen-bond acceptors (Lipinski definition) is 5. The Labute approximate surface area is 200 Å². The van der Waals surface area contributed by atoms with Gasteiger partial charge in [0.2, 0.25) is 23.5 Å². The number of carbonyl (C=O) groups excluding carboxylic acids is 2. The Hall–Kier alpha value is -2.67. The summed E-state index contributed by atoms with van der Waals surface area (Å²) in [6.45, 7) is 6.88. The molecule has 7 nitrogen and oxygen atoms in total. The number of benzene rings is 1. The normalized spacial score (nSPS) is 15.9. The van der Waals surface area contributed by atoms with E-state index in [1.165, 1.54) is 0 Å². The fourth-order valence-electron chi connectivity index (χ4n) is 4.13. The van der Waals surface area contributed by atoms with Gasteiger partial charge in [-0.1, -0.05) is 61.2 Å². The average molecular weight is 473 g/mol. The van der Waals surface area contributed by atoms with Gasteiger partial charge in [-0.2, -0.15) is 4.98 Å². The molecule has 2 amide bonds. The summed E-state index contributed by atoms with van der Waals surface area (Å²) in [7, 11) is 0. The zero-order valence-corrected chi connectivity index (χ0v) is 20.1. The van der Waals surface area contributed by atoms with Crippen LogP contribution in [0.2, 0.25) is 5.02 Å². The maximum absolute atomic E-state index is 13.3. The zero-order valence-electron chi connectivity index (χ0n) is 19.3. The van der Waals surface area contributed by atoms with Crippen LogP contribution in [-0.4, -0.2) is 51.4 Å². The number of unbranched alkanes of at least 4 members (excludes halogenated alkanes) is 3. The maximum atomic E-state index is 13.3. The van der Waals surface area contributed by atoms with E-state index in [0.717, 1.165) is 50.5 Å². The molecule has 1 unspecified atom stereocenters. The molecule has 1 aromatic carbocycles. The van der Waals surface area contributed by atoms with Crippen molar-refractivity contribution in [2.45, 2.75) is 64.3 Å². The molecule has 33 heavy (non-hydrogen) atoms. The maximum Gasteiger partial charge on any atom is 0.249 e. The minimum absolute atomic E-state index is 0.00561. The lowest BCUT2D eigenvalue weighted by Gasteiger charge is -2.35. The molecular formula is C25H33ClN4O3. The Morgan fingerprint density at radius 1 is 1.30 bits per heavy atom. The third kappa shape index (κ3) is 6.90. The summed E-state index contributed by atoms with van der Waals surface area (Å²) < 4.78 is 5.56. The number of halogens is 1. The van der Waals surface area contributed by atoms with E-state index in [9.17, 15) is 9.59 Å². The van der Waals surface area contributed by atoms with Gasteiger partial charge in [0.15, 0.2) is 0 Å². The second kappa shape index (κ2) is 12.5. The van der Waals surface area contributed by atoms with Crippen LogP contribution in [0.4, 0.5) is 0 Å². The highest BCUT2D eigenvalue weighted by Crippen LogP contribution is 2.31. The first kappa shape index (κ1) is 25.0. The third-order valence-corrected chi connectivity index (χ3v) is 6.14. The lowest BCUT2D eigenvalue weighted by Crippen LogP contribution is -2.46. The SMILES string of the molecule is C=CCN(CC(=O)N1CCCCC1c1nc(-c2cccc(Cl)c2)no1)C(=O)CCCCCC. The quantitative estimate of drug-likeness (QED) is 0.322. The molecule has 1 aromatic heterocycles. The number of nitrogens with zero attached hydrogens (tertiary/aromatic N) is 4. The molecule has 1 aliphatic rings. The number of likely N-dealkylation sites (tertiary alicyclic amines) is 1. The lowest BCUT2D eigenvalue weighted by molar-refractivity contribution is -0.143. The second-order valence-corrected chi connectivity index (χ2v) is 8.88. The topological polar surface area (TPSA) is 79.5 Å². The molecule has 0 N–H and O–H groups in total.